The molecule has 0 aliphatic heterocycles. The maximum atomic E-state index is 14.3. The lowest BCUT2D eigenvalue weighted by atomic mass is 9.76. The standard InChI is InChI=1S/C30H37NO7/c1-16-10-11-22-23(29(22,6)7)13-17(2)27(34)30(38-20(5)33)14-18(3)26(24(30)25(16)36-19(4)32)37-28(35)21-9-8-12-31-15-21/h8-9,12-13,15,18,22-26H,1,10-11,14H2,2-7H3/b17-13+/t18-,22-,23+,24-,25?,26-,30+/m1/s1. The number of aromatic nitrogens is 1. The molecule has 7 atom stereocenters. The molecule has 0 amide bonds. The first kappa shape index (κ1) is 27.7. The van der Waals surface area contributed by atoms with Crippen molar-refractivity contribution >= 4 is 23.7 Å². The summed E-state index contributed by atoms with van der Waals surface area (Å²) in [4.78, 5) is 56.3. The average Bonchev–Trinajstić information content (AvgIpc) is 3.24. The number of allylic oxidation sites excluding steroid dienone is 1. The number of rotatable bonds is 4. The predicted octanol–water partition coefficient (Wildman–Crippen LogP) is 4.63. The minimum Gasteiger partial charge on any atom is -0.458 e. The normalized spacial score (nSPS) is 35.5. The van der Waals surface area contributed by atoms with E-state index in [-0.39, 0.29) is 29.1 Å². The molecule has 3 aliphatic rings. The molecule has 204 valence electrons. The second kappa shape index (κ2) is 10.1. The second-order valence-electron chi connectivity index (χ2n) is 11.7. The van der Waals surface area contributed by atoms with Crippen LogP contribution >= 0.6 is 0 Å². The van der Waals surface area contributed by atoms with Gasteiger partial charge in [0.1, 0.15) is 12.2 Å². The number of pyridine rings is 1. The molecule has 4 rings (SSSR count). The highest BCUT2D eigenvalue weighted by Gasteiger charge is 2.65. The summed E-state index contributed by atoms with van der Waals surface area (Å²) in [7, 11) is 0. The lowest BCUT2D eigenvalue weighted by Crippen LogP contribution is -2.55. The largest absolute Gasteiger partial charge is 0.458 e. The number of nitrogens with zero attached hydrogens (tertiary/aromatic N) is 1. The van der Waals surface area contributed by atoms with Gasteiger partial charge >= 0.3 is 17.9 Å². The number of ether oxygens (including phenoxy) is 3. The molecule has 1 heterocycles. The topological polar surface area (TPSA) is 109 Å². The first-order valence-corrected chi connectivity index (χ1v) is 13.2. The van der Waals surface area contributed by atoms with Crippen LogP contribution in [0.2, 0.25) is 0 Å². The number of Topliss-reactive ketones (excluding diaryl/α,β-unsaturated/α-hetero) is 1. The van der Waals surface area contributed by atoms with E-state index in [4.69, 9.17) is 14.2 Å². The van der Waals surface area contributed by atoms with Crippen molar-refractivity contribution in [3.05, 3.63) is 53.9 Å². The number of esters is 3. The van der Waals surface area contributed by atoms with E-state index in [1.54, 1.807) is 25.3 Å². The van der Waals surface area contributed by atoms with E-state index in [0.717, 1.165) is 6.42 Å². The smallest absolute Gasteiger partial charge is 0.339 e. The van der Waals surface area contributed by atoms with E-state index in [1.165, 1.54) is 20.0 Å². The van der Waals surface area contributed by atoms with Gasteiger partial charge in [0.15, 0.2) is 5.60 Å². The zero-order valence-electron chi connectivity index (χ0n) is 23.0. The van der Waals surface area contributed by atoms with E-state index in [0.29, 0.717) is 23.5 Å². The van der Waals surface area contributed by atoms with Crippen LogP contribution in [0.4, 0.5) is 0 Å². The number of carbonyl (C=O) groups excluding carboxylic acids is 4. The minimum absolute atomic E-state index is 0.0106. The quantitative estimate of drug-likeness (QED) is 0.319. The molecular formula is C30H37NO7. The van der Waals surface area contributed by atoms with E-state index in [9.17, 15) is 19.2 Å². The third kappa shape index (κ3) is 4.93. The zero-order valence-corrected chi connectivity index (χ0v) is 23.0. The SMILES string of the molecule is C=C1CC[C@@H]2[C@H](/C=C(\C)C(=O)[C@]3(OC(C)=O)C[C@@H](C)[C@@H](OC(=O)c4cccnc4)[C@H]3C1OC(C)=O)C2(C)C. The van der Waals surface area contributed by atoms with Gasteiger partial charge in [0.2, 0.25) is 5.78 Å². The maximum absolute atomic E-state index is 14.3. The monoisotopic (exact) mass is 523 g/mol. The third-order valence-corrected chi connectivity index (χ3v) is 8.65. The van der Waals surface area contributed by atoms with Crippen LogP contribution in [0, 0.1) is 29.1 Å². The van der Waals surface area contributed by atoms with Gasteiger partial charge < -0.3 is 14.2 Å². The molecular weight excluding hydrogens is 486 g/mol. The van der Waals surface area contributed by atoms with Gasteiger partial charge in [-0.05, 0) is 66.2 Å². The Hall–Kier alpha value is -3.29. The Balaban J connectivity index is 1.87. The molecule has 2 fully saturated rings. The summed E-state index contributed by atoms with van der Waals surface area (Å²) in [5.41, 5.74) is -0.358. The number of carbonyl (C=O) groups is 4. The van der Waals surface area contributed by atoms with Crippen LogP contribution in [-0.2, 0) is 28.6 Å². The Morgan fingerprint density at radius 1 is 1.13 bits per heavy atom. The van der Waals surface area contributed by atoms with Gasteiger partial charge in [-0.3, -0.25) is 19.4 Å². The number of fused-ring (bicyclic) bond motifs is 2. The van der Waals surface area contributed by atoms with Crippen LogP contribution in [0.1, 0.15) is 71.2 Å². The molecule has 0 spiro atoms. The molecule has 0 N–H and O–H groups in total. The van der Waals surface area contributed by atoms with Crippen LogP contribution in [0.5, 0.6) is 0 Å². The summed E-state index contributed by atoms with van der Waals surface area (Å²) < 4.78 is 17.8. The number of ketones is 1. The summed E-state index contributed by atoms with van der Waals surface area (Å²) in [6, 6.07) is 3.21. The van der Waals surface area contributed by atoms with Gasteiger partial charge in [0.25, 0.3) is 0 Å². The molecule has 1 aromatic rings. The summed E-state index contributed by atoms with van der Waals surface area (Å²) in [5.74, 6) is -3.04. The molecule has 3 aliphatic carbocycles. The van der Waals surface area contributed by atoms with Gasteiger partial charge in [-0.1, -0.05) is 33.4 Å². The van der Waals surface area contributed by atoms with E-state index in [2.05, 4.69) is 25.4 Å². The van der Waals surface area contributed by atoms with Gasteiger partial charge in [-0.25, -0.2) is 4.79 Å². The molecule has 2 saturated carbocycles. The van der Waals surface area contributed by atoms with Gasteiger partial charge in [-0.2, -0.15) is 0 Å². The Bertz CT molecular complexity index is 1190. The molecule has 1 aromatic heterocycles. The fourth-order valence-corrected chi connectivity index (χ4v) is 6.71. The van der Waals surface area contributed by atoms with Crippen molar-refractivity contribution in [3.8, 4) is 0 Å². The molecule has 8 nitrogen and oxygen atoms in total. The highest BCUT2D eigenvalue weighted by atomic mass is 16.6. The van der Waals surface area contributed by atoms with Crippen LogP contribution < -0.4 is 0 Å². The highest BCUT2D eigenvalue weighted by Crippen LogP contribution is 2.62. The molecule has 0 saturated heterocycles. The van der Waals surface area contributed by atoms with Crippen molar-refractivity contribution in [2.45, 2.75) is 78.6 Å². The van der Waals surface area contributed by atoms with Crippen LogP contribution in [0.3, 0.4) is 0 Å². The maximum Gasteiger partial charge on any atom is 0.339 e. The number of hydrogen-bond acceptors (Lipinski definition) is 8. The van der Waals surface area contributed by atoms with Gasteiger partial charge in [0.05, 0.1) is 11.5 Å². The van der Waals surface area contributed by atoms with Gasteiger partial charge in [-0.15, -0.1) is 0 Å². The summed E-state index contributed by atoms with van der Waals surface area (Å²) >= 11 is 0. The van der Waals surface area contributed by atoms with Gasteiger partial charge in [0, 0.05) is 32.7 Å². The molecule has 38 heavy (non-hydrogen) atoms. The first-order valence-electron chi connectivity index (χ1n) is 13.2. The second-order valence-corrected chi connectivity index (χ2v) is 11.7. The van der Waals surface area contributed by atoms with E-state index in [1.807, 2.05) is 13.0 Å². The average molecular weight is 524 g/mol. The van der Waals surface area contributed by atoms with Crippen LogP contribution in [0.25, 0.3) is 0 Å². The van der Waals surface area contributed by atoms with E-state index >= 15 is 0 Å². The van der Waals surface area contributed by atoms with Crippen LogP contribution in [0.15, 0.2) is 48.3 Å². The van der Waals surface area contributed by atoms with Crippen molar-refractivity contribution in [2.75, 3.05) is 0 Å². The molecule has 0 bridgehead atoms. The Kier molecular flexibility index (Phi) is 7.38. The fraction of sp³-hybridized carbons (Fsp3) is 0.567. The van der Waals surface area contributed by atoms with Crippen molar-refractivity contribution in [3.63, 3.8) is 0 Å². The minimum atomic E-state index is -1.70. The summed E-state index contributed by atoms with van der Waals surface area (Å²) in [5, 5.41) is 0. The Labute approximate surface area is 223 Å². The Morgan fingerprint density at radius 3 is 2.45 bits per heavy atom. The van der Waals surface area contributed by atoms with Crippen molar-refractivity contribution in [2.24, 2.45) is 29.1 Å². The lowest BCUT2D eigenvalue weighted by molar-refractivity contribution is -0.179. The predicted molar refractivity (Wildman–Crippen MR) is 139 cm³/mol. The van der Waals surface area contributed by atoms with E-state index < -0.39 is 47.6 Å². The van der Waals surface area contributed by atoms with Crippen molar-refractivity contribution in [1.29, 1.82) is 0 Å². The first-order chi connectivity index (χ1) is 17.8. The van der Waals surface area contributed by atoms with Crippen molar-refractivity contribution < 1.29 is 33.4 Å². The third-order valence-electron chi connectivity index (χ3n) is 8.65. The zero-order chi connectivity index (χ0) is 28.0. The highest BCUT2D eigenvalue weighted by molar-refractivity contribution is 6.03. The fourth-order valence-electron chi connectivity index (χ4n) is 6.71. The molecule has 8 heteroatoms. The molecule has 1 unspecified atom stereocenters. The molecule has 0 aromatic carbocycles. The lowest BCUT2D eigenvalue weighted by Gasteiger charge is -2.39. The van der Waals surface area contributed by atoms with Crippen molar-refractivity contribution in [1.82, 2.24) is 4.98 Å². The van der Waals surface area contributed by atoms with Crippen LogP contribution in [-0.4, -0.2) is 46.5 Å². The summed E-state index contributed by atoms with van der Waals surface area (Å²) in [6.07, 6.45) is 4.49. The Morgan fingerprint density at radius 2 is 1.84 bits per heavy atom. The summed E-state index contributed by atoms with van der Waals surface area (Å²) in [6.45, 7) is 14.7. The number of hydrogen-bond donors (Lipinski definition) is 0. The molecule has 0 radical (unpaired) electrons.